The van der Waals surface area contributed by atoms with E-state index in [1.807, 2.05) is 48.5 Å². The molecule has 0 bridgehead atoms. The third-order valence-electron chi connectivity index (χ3n) is 4.34. The van der Waals surface area contributed by atoms with Gasteiger partial charge in [0.2, 0.25) is 0 Å². The Balaban J connectivity index is 1.65. The number of methoxy groups -OCH3 is 1. The summed E-state index contributed by atoms with van der Waals surface area (Å²) in [5.74, 6) is 0. The summed E-state index contributed by atoms with van der Waals surface area (Å²) >= 11 is 6.07. The van der Waals surface area contributed by atoms with Gasteiger partial charge in [-0.3, -0.25) is 0 Å². The van der Waals surface area contributed by atoms with Gasteiger partial charge in [0.05, 0.1) is 12.7 Å². The van der Waals surface area contributed by atoms with Gasteiger partial charge in [0.25, 0.3) is 0 Å². The highest BCUT2D eigenvalue weighted by Gasteiger charge is 2.24. The van der Waals surface area contributed by atoms with E-state index >= 15 is 0 Å². The first-order chi connectivity index (χ1) is 12.7. The highest BCUT2D eigenvalue weighted by Crippen LogP contribution is 2.25. The van der Waals surface area contributed by atoms with Crippen molar-refractivity contribution in [2.75, 3.05) is 38.7 Å². The topological polar surface area (TPSA) is 50.8 Å². The number of amides is 2. The van der Waals surface area contributed by atoms with Crippen LogP contribution in [0.5, 0.6) is 0 Å². The first kappa shape index (κ1) is 18.7. The van der Waals surface area contributed by atoms with Gasteiger partial charge in [-0.1, -0.05) is 35.9 Å². The molecule has 6 heteroatoms. The Morgan fingerprint density at radius 2 is 2.04 bits per heavy atom. The number of anilines is 1. The minimum Gasteiger partial charge on any atom is -0.385 e. The summed E-state index contributed by atoms with van der Waals surface area (Å²) in [6.07, 6.45) is 0.803. The van der Waals surface area contributed by atoms with Crippen molar-refractivity contribution >= 4 is 23.3 Å². The maximum atomic E-state index is 12.6. The second-order valence-electron chi connectivity index (χ2n) is 6.24. The number of carbonyl (C=O) groups excluding carboxylic acids is 1. The van der Waals surface area contributed by atoms with E-state index in [0.717, 1.165) is 23.2 Å². The number of urea groups is 1. The molecule has 0 saturated carbocycles. The van der Waals surface area contributed by atoms with Crippen LogP contribution in [-0.2, 0) is 9.47 Å². The van der Waals surface area contributed by atoms with Crippen molar-refractivity contribution in [2.45, 2.75) is 12.5 Å². The van der Waals surface area contributed by atoms with Crippen molar-refractivity contribution in [3.05, 3.63) is 53.6 Å². The van der Waals surface area contributed by atoms with Crippen molar-refractivity contribution in [3.63, 3.8) is 0 Å². The average molecular weight is 375 g/mol. The number of halogens is 1. The van der Waals surface area contributed by atoms with Gasteiger partial charge in [-0.15, -0.1) is 0 Å². The maximum absolute atomic E-state index is 12.6. The Morgan fingerprint density at radius 1 is 1.27 bits per heavy atom. The third kappa shape index (κ3) is 4.97. The Bertz CT molecular complexity index is 753. The number of morpholine rings is 1. The lowest BCUT2D eigenvalue weighted by Crippen LogP contribution is -2.47. The number of rotatable bonds is 5. The fourth-order valence-corrected chi connectivity index (χ4v) is 3.17. The summed E-state index contributed by atoms with van der Waals surface area (Å²) in [4.78, 5) is 14.4. The molecule has 5 nitrogen and oxygen atoms in total. The molecule has 1 aliphatic rings. The highest BCUT2D eigenvalue weighted by molar-refractivity contribution is 6.30. The second kappa shape index (κ2) is 9.03. The fourth-order valence-electron chi connectivity index (χ4n) is 2.97. The van der Waals surface area contributed by atoms with Crippen LogP contribution in [0, 0.1) is 0 Å². The van der Waals surface area contributed by atoms with Crippen LogP contribution < -0.4 is 5.32 Å². The fraction of sp³-hybridized carbons (Fsp3) is 0.350. The summed E-state index contributed by atoms with van der Waals surface area (Å²) < 4.78 is 10.8. The monoisotopic (exact) mass is 374 g/mol. The van der Waals surface area contributed by atoms with E-state index in [0.29, 0.717) is 31.3 Å². The van der Waals surface area contributed by atoms with Gasteiger partial charge in [-0.2, -0.15) is 0 Å². The van der Waals surface area contributed by atoms with Crippen molar-refractivity contribution in [2.24, 2.45) is 0 Å². The molecule has 1 saturated heterocycles. The predicted molar refractivity (Wildman–Crippen MR) is 104 cm³/mol. The zero-order valence-corrected chi connectivity index (χ0v) is 15.5. The minimum atomic E-state index is -0.112. The van der Waals surface area contributed by atoms with Crippen LogP contribution in [0.15, 0.2) is 48.5 Å². The molecule has 1 atom stereocenters. The molecule has 0 aliphatic carbocycles. The molecule has 3 rings (SSSR count). The Labute approximate surface area is 158 Å². The molecule has 2 aromatic rings. The number of benzene rings is 2. The molecule has 1 aliphatic heterocycles. The largest absolute Gasteiger partial charge is 0.385 e. The van der Waals surface area contributed by atoms with Gasteiger partial charge < -0.3 is 19.7 Å². The maximum Gasteiger partial charge on any atom is 0.322 e. The van der Waals surface area contributed by atoms with E-state index in [1.165, 1.54) is 0 Å². The van der Waals surface area contributed by atoms with Crippen LogP contribution in [0.3, 0.4) is 0 Å². The molecule has 1 heterocycles. The third-order valence-corrected chi connectivity index (χ3v) is 4.58. The number of nitrogens with one attached hydrogen (secondary N) is 1. The predicted octanol–water partition coefficient (Wildman–Crippen LogP) is 4.28. The normalized spacial score (nSPS) is 17.2. The lowest BCUT2D eigenvalue weighted by atomic mass is 10.1. The van der Waals surface area contributed by atoms with Crippen LogP contribution in [0.1, 0.15) is 6.42 Å². The van der Waals surface area contributed by atoms with Crippen molar-refractivity contribution in [1.82, 2.24) is 4.90 Å². The van der Waals surface area contributed by atoms with Crippen LogP contribution in [0.4, 0.5) is 10.5 Å². The summed E-state index contributed by atoms with van der Waals surface area (Å²) in [6, 6.07) is 15.3. The van der Waals surface area contributed by atoms with E-state index in [-0.39, 0.29) is 12.1 Å². The molecule has 0 aromatic heterocycles. The van der Waals surface area contributed by atoms with Crippen LogP contribution in [0.25, 0.3) is 11.1 Å². The number of hydrogen-bond acceptors (Lipinski definition) is 3. The SMILES string of the molecule is COCCC1CN(C(=O)Nc2cccc(-c3cccc(Cl)c3)c2)CCO1. The molecule has 2 amide bonds. The standard InChI is InChI=1S/C20H23ClN2O3/c1-25-10-8-19-14-23(9-11-26-19)20(24)22-18-7-3-5-16(13-18)15-4-2-6-17(21)12-15/h2-7,12-13,19H,8-11,14H2,1H3,(H,22,24). The number of carbonyl (C=O) groups is 1. The summed E-state index contributed by atoms with van der Waals surface area (Å²) in [5.41, 5.74) is 2.78. The first-order valence-corrected chi connectivity index (χ1v) is 9.06. The molecule has 1 N–H and O–H groups in total. The lowest BCUT2D eigenvalue weighted by molar-refractivity contribution is -0.0260. The van der Waals surface area contributed by atoms with Crippen molar-refractivity contribution in [3.8, 4) is 11.1 Å². The van der Waals surface area contributed by atoms with E-state index in [1.54, 1.807) is 12.0 Å². The van der Waals surface area contributed by atoms with Crippen LogP contribution in [0.2, 0.25) is 5.02 Å². The average Bonchev–Trinajstić information content (AvgIpc) is 2.67. The lowest BCUT2D eigenvalue weighted by Gasteiger charge is -2.33. The number of ether oxygens (including phenoxy) is 2. The van der Waals surface area contributed by atoms with E-state index in [4.69, 9.17) is 21.1 Å². The summed E-state index contributed by atoms with van der Waals surface area (Å²) in [5, 5.41) is 3.67. The van der Waals surface area contributed by atoms with Gasteiger partial charge in [0.15, 0.2) is 0 Å². The van der Waals surface area contributed by atoms with Gasteiger partial charge in [-0.25, -0.2) is 4.79 Å². The van der Waals surface area contributed by atoms with Gasteiger partial charge in [0.1, 0.15) is 0 Å². The molecule has 0 radical (unpaired) electrons. The molecule has 0 spiro atoms. The van der Waals surface area contributed by atoms with Gasteiger partial charge in [-0.05, 0) is 41.8 Å². The Kier molecular flexibility index (Phi) is 6.50. The first-order valence-electron chi connectivity index (χ1n) is 8.68. The summed E-state index contributed by atoms with van der Waals surface area (Å²) in [6.45, 7) is 2.33. The van der Waals surface area contributed by atoms with E-state index in [2.05, 4.69) is 5.32 Å². The van der Waals surface area contributed by atoms with Crippen molar-refractivity contribution < 1.29 is 14.3 Å². The smallest absolute Gasteiger partial charge is 0.322 e. The molecular formula is C20H23ClN2O3. The molecule has 26 heavy (non-hydrogen) atoms. The van der Waals surface area contributed by atoms with E-state index in [9.17, 15) is 4.79 Å². The molecular weight excluding hydrogens is 352 g/mol. The Morgan fingerprint density at radius 3 is 2.81 bits per heavy atom. The van der Waals surface area contributed by atoms with Crippen LogP contribution in [-0.4, -0.2) is 50.4 Å². The number of nitrogens with zero attached hydrogens (tertiary/aromatic N) is 1. The quantitative estimate of drug-likeness (QED) is 0.850. The van der Waals surface area contributed by atoms with Crippen molar-refractivity contribution in [1.29, 1.82) is 0 Å². The molecule has 1 unspecified atom stereocenters. The van der Waals surface area contributed by atoms with Crippen LogP contribution >= 0.6 is 11.6 Å². The molecule has 1 fully saturated rings. The highest BCUT2D eigenvalue weighted by atomic mass is 35.5. The molecule has 2 aromatic carbocycles. The molecule has 138 valence electrons. The van der Waals surface area contributed by atoms with E-state index < -0.39 is 0 Å². The summed E-state index contributed by atoms with van der Waals surface area (Å²) in [7, 11) is 1.67. The minimum absolute atomic E-state index is 0.0206. The van der Waals surface area contributed by atoms with Gasteiger partial charge in [0, 0.05) is 37.5 Å². The zero-order valence-electron chi connectivity index (χ0n) is 14.8. The van der Waals surface area contributed by atoms with Gasteiger partial charge >= 0.3 is 6.03 Å². The zero-order chi connectivity index (χ0) is 18.4. The Hall–Kier alpha value is -2.08. The second-order valence-corrected chi connectivity index (χ2v) is 6.68. The number of hydrogen-bond donors (Lipinski definition) is 1.